The molecule has 1 aliphatic rings. The molecular weight excluding hydrogens is 476 g/mol. The summed E-state index contributed by atoms with van der Waals surface area (Å²) in [5, 5.41) is 20.9. The van der Waals surface area contributed by atoms with Gasteiger partial charge in [0.1, 0.15) is 17.4 Å². The van der Waals surface area contributed by atoms with Crippen molar-refractivity contribution in [3.8, 4) is 5.75 Å². The van der Waals surface area contributed by atoms with Crippen LogP contribution in [0.25, 0.3) is 0 Å². The van der Waals surface area contributed by atoms with Crippen molar-refractivity contribution in [2.45, 2.75) is 44.8 Å². The van der Waals surface area contributed by atoms with Gasteiger partial charge in [0.25, 0.3) is 0 Å². The monoisotopic (exact) mass is 502 g/mol. The second-order valence-corrected chi connectivity index (χ2v) is 8.88. The van der Waals surface area contributed by atoms with Crippen LogP contribution in [0.15, 0.2) is 59.1 Å². The lowest BCUT2D eigenvalue weighted by Gasteiger charge is -2.25. The number of rotatable bonds is 4. The summed E-state index contributed by atoms with van der Waals surface area (Å²) in [5.41, 5.74) is 1.21. The lowest BCUT2D eigenvalue weighted by Crippen LogP contribution is -2.29. The molecule has 0 aliphatic carbocycles. The van der Waals surface area contributed by atoms with Gasteiger partial charge in [-0.3, -0.25) is 0 Å². The average molecular weight is 503 g/mol. The fraction of sp³-hybridized carbons (Fsp3) is 0.360. The van der Waals surface area contributed by atoms with Crippen molar-refractivity contribution in [1.29, 1.82) is 0 Å². The lowest BCUT2D eigenvalue weighted by atomic mass is 9.94. The third-order valence-corrected chi connectivity index (χ3v) is 6.06. The Balaban J connectivity index is 1.72. The van der Waals surface area contributed by atoms with Crippen molar-refractivity contribution in [1.82, 2.24) is 0 Å². The van der Waals surface area contributed by atoms with Crippen LogP contribution in [0.3, 0.4) is 0 Å². The molecule has 0 saturated heterocycles. The van der Waals surface area contributed by atoms with Crippen molar-refractivity contribution in [2.24, 2.45) is 5.92 Å². The summed E-state index contributed by atoms with van der Waals surface area (Å²) in [7, 11) is 0. The molecule has 1 heterocycles. The zero-order chi connectivity index (χ0) is 23.1. The average Bonchev–Trinajstić information content (AvgIpc) is 2.76. The molecule has 0 radical (unpaired) electrons. The Hall–Kier alpha value is -2.64. The van der Waals surface area contributed by atoms with Gasteiger partial charge in [-0.15, -0.1) is 0 Å². The van der Waals surface area contributed by atoms with E-state index >= 15 is 0 Å². The minimum Gasteiger partial charge on any atom is -0.507 e. The highest BCUT2D eigenvalue weighted by Crippen LogP contribution is 2.26. The number of phenols is 1. The van der Waals surface area contributed by atoms with E-state index in [1.807, 2.05) is 19.1 Å². The third-order valence-electron chi connectivity index (χ3n) is 5.53. The number of aromatic hydroxyl groups is 1. The molecule has 0 saturated carbocycles. The van der Waals surface area contributed by atoms with E-state index in [2.05, 4.69) is 15.9 Å². The molecule has 170 valence electrons. The van der Waals surface area contributed by atoms with Gasteiger partial charge in [-0.1, -0.05) is 47.1 Å². The Bertz CT molecular complexity index is 969. The number of aliphatic hydroxyl groups is 1. The molecule has 0 aromatic heterocycles. The van der Waals surface area contributed by atoms with E-state index in [0.717, 1.165) is 4.47 Å². The van der Waals surface area contributed by atoms with Crippen LogP contribution >= 0.6 is 15.9 Å². The standard InChI is InChI=1S/C25H27BrO6/c1-16-5-2-3-6-17-7-4-8-21(27)23(17)25(30)32-20(15-22(16)28)13-14-31-24(29)18-9-11-19(26)12-10-18/h2-4,7-12,16,20,22,27-28H,5-6,13-15H2,1H3/b3-2+/t16-,20-,22+/m1/s1. The van der Waals surface area contributed by atoms with Crippen molar-refractivity contribution in [3.63, 3.8) is 0 Å². The smallest absolute Gasteiger partial charge is 0.342 e. The number of esters is 2. The van der Waals surface area contributed by atoms with E-state index < -0.39 is 24.1 Å². The molecule has 6 nitrogen and oxygen atoms in total. The molecule has 2 aromatic carbocycles. The maximum Gasteiger partial charge on any atom is 0.342 e. The number of fused-ring (bicyclic) bond motifs is 1. The Labute approximate surface area is 196 Å². The van der Waals surface area contributed by atoms with Gasteiger partial charge < -0.3 is 19.7 Å². The van der Waals surface area contributed by atoms with Crippen LogP contribution in [-0.2, 0) is 15.9 Å². The van der Waals surface area contributed by atoms with Crippen LogP contribution in [0.2, 0.25) is 0 Å². The molecule has 0 fully saturated rings. The molecule has 2 aromatic rings. The highest BCUT2D eigenvalue weighted by molar-refractivity contribution is 9.10. The molecule has 1 aliphatic heterocycles. The minimum atomic E-state index is -0.692. The predicted molar refractivity (Wildman–Crippen MR) is 124 cm³/mol. The van der Waals surface area contributed by atoms with E-state index in [-0.39, 0.29) is 36.7 Å². The number of allylic oxidation sites excluding steroid dienone is 2. The zero-order valence-electron chi connectivity index (χ0n) is 17.9. The van der Waals surface area contributed by atoms with E-state index in [4.69, 9.17) is 9.47 Å². The zero-order valence-corrected chi connectivity index (χ0v) is 19.5. The summed E-state index contributed by atoms with van der Waals surface area (Å²) >= 11 is 3.32. The Morgan fingerprint density at radius 3 is 2.69 bits per heavy atom. The highest BCUT2D eigenvalue weighted by atomic mass is 79.9. The van der Waals surface area contributed by atoms with Gasteiger partial charge in [0.2, 0.25) is 0 Å². The van der Waals surface area contributed by atoms with Crippen LogP contribution in [0.5, 0.6) is 5.75 Å². The van der Waals surface area contributed by atoms with Crippen molar-refractivity contribution in [2.75, 3.05) is 6.61 Å². The molecule has 0 unspecified atom stereocenters. The fourth-order valence-corrected chi connectivity index (χ4v) is 3.82. The quantitative estimate of drug-likeness (QED) is 0.459. The first kappa shape index (κ1) is 24.0. The number of carbonyl (C=O) groups is 2. The Kier molecular flexibility index (Phi) is 8.47. The minimum absolute atomic E-state index is 0.0270. The van der Waals surface area contributed by atoms with Crippen LogP contribution in [0.1, 0.15) is 52.5 Å². The molecular formula is C25H27BrO6. The number of hydrogen-bond donors (Lipinski definition) is 2. The molecule has 3 rings (SSSR count). The van der Waals surface area contributed by atoms with Crippen LogP contribution in [-0.4, -0.2) is 41.0 Å². The van der Waals surface area contributed by atoms with E-state index in [1.54, 1.807) is 36.4 Å². The van der Waals surface area contributed by atoms with Crippen LogP contribution < -0.4 is 0 Å². The van der Waals surface area contributed by atoms with Crippen molar-refractivity contribution < 1.29 is 29.3 Å². The van der Waals surface area contributed by atoms with E-state index in [9.17, 15) is 19.8 Å². The van der Waals surface area contributed by atoms with Crippen LogP contribution in [0, 0.1) is 5.92 Å². The molecule has 0 spiro atoms. The number of phenolic OH excluding ortho intramolecular Hbond substituents is 1. The number of carbonyl (C=O) groups excluding carboxylic acids is 2. The summed E-state index contributed by atoms with van der Waals surface area (Å²) in [6.45, 7) is 1.97. The Morgan fingerprint density at radius 1 is 1.19 bits per heavy atom. The number of hydrogen-bond acceptors (Lipinski definition) is 6. The first-order chi connectivity index (χ1) is 15.3. The summed E-state index contributed by atoms with van der Waals surface area (Å²) in [6.07, 6.45) is 4.12. The van der Waals surface area contributed by atoms with Gasteiger partial charge in [-0.25, -0.2) is 9.59 Å². The number of ether oxygens (including phenoxy) is 2. The van der Waals surface area contributed by atoms with Gasteiger partial charge in [-0.2, -0.15) is 0 Å². The maximum atomic E-state index is 12.9. The lowest BCUT2D eigenvalue weighted by molar-refractivity contribution is -0.00429. The third kappa shape index (κ3) is 6.43. The second kappa shape index (κ2) is 11.3. The predicted octanol–water partition coefficient (Wildman–Crippen LogP) is 4.82. The van der Waals surface area contributed by atoms with Gasteiger partial charge in [0.05, 0.1) is 18.3 Å². The number of cyclic esters (lactones) is 1. The molecule has 0 bridgehead atoms. The molecule has 7 heteroatoms. The summed E-state index contributed by atoms with van der Waals surface area (Å²) < 4.78 is 11.9. The van der Waals surface area contributed by atoms with E-state index in [0.29, 0.717) is 24.0 Å². The second-order valence-electron chi connectivity index (χ2n) is 7.96. The molecule has 2 N–H and O–H groups in total. The number of halogens is 1. The van der Waals surface area contributed by atoms with E-state index in [1.165, 1.54) is 6.07 Å². The topological polar surface area (TPSA) is 93.1 Å². The number of benzene rings is 2. The maximum absolute atomic E-state index is 12.9. The van der Waals surface area contributed by atoms with Crippen molar-refractivity contribution in [3.05, 3.63) is 75.8 Å². The molecule has 32 heavy (non-hydrogen) atoms. The SMILES string of the molecule is C[C@@H]1C/C=C/Cc2cccc(O)c2C(=O)O[C@H](CCOC(=O)c2ccc(Br)cc2)C[C@@H]1O. The van der Waals surface area contributed by atoms with Gasteiger partial charge in [0, 0.05) is 17.3 Å². The van der Waals surface area contributed by atoms with Gasteiger partial charge in [-0.05, 0) is 54.7 Å². The van der Waals surface area contributed by atoms with Gasteiger partial charge >= 0.3 is 11.9 Å². The normalized spacial score (nSPS) is 22.6. The summed E-state index contributed by atoms with van der Waals surface area (Å²) in [5.74, 6) is -1.30. The first-order valence-electron chi connectivity index (χ1n) is 10.6. The number of aliphatic hydroxyl groups excluding tert-OH is 1. The van der Waals surface area contributed by atoms with Crippen molar-refractivity contribution >= 4 is 27.9 Å². The van der Waals surface area contributed by atoms with Gasteiger partial charge in [0.15, 0.2) is 0 Å². The summed E-state index contributed by atoms with van der Waals surface area (Å²) in [4.78, 5) is 25.1. The largest absolute Gasteiger partial charge is 0.507 e. The highest BCUT2D eigenvalue weighted by Gasteiger charge is 2.26. The first-order valence-corrected chi connectivity index (χ1v) is 11.4. The summed E-state index contributed by atoms with van der Waals surface area (Å²) in [6, 6.07) is 11.7. The van der Waals surface area contributed by atoms with Crippen LogP contribution in [0.4, 0.5) is 0 Å². The fourth-order valence-electron chi connectivity index (χ4n) is 3.56. The molecule has 3 atom stereocenters. The molecule has 0 amide bonds. The Morgan fingerprint density at radius 2 is 1.94 bits per heavy atom.